The van der Waals surface area contributed by atoms with Gasteiger partial charge in [0.25, 0.3) is 5.56 Å². The second-order valence-electron chi connectivity index (χ2n) is 8.07. The number of fused-ring (bicyclic) bond motifs is 1. The lowest BCUT2D eigenvalue weighted by Gasteiger charge is -2.11. The Morgan fingerprint density at radius 1 is 1.27 bits per heavy atom. The fourth-order valence-electron chi connectivity index (χ4n) is 4.02. The molecular formula is C21H26N6O3. The van der Waals surface area contributed by atoms with Gasteiger partial charge in [-0.3, -0.25) is 13.9 Å². The van der Waals surface area contributed by atoms with Gasteiger partial charge in [-0.2, -0.15) is 0 Å². The van der Waals surface area contributed by atoms with Crippen molar-refractivity contribution in [2.24, 2.45) is 0 Å². The average molecular weight is 410 g/mol. The minimum absolute atomic E-state index is 0.0140. The highest BCUT2D eigenvalue weighted by Gasteiger charge is 2.29. The smallest absolute Gasteiger partial charge is 0.333 e. The van der Waals surface area contributed by atoms with Gasteiger partial charge in [-0.25, -0.2) is 14.8 Å². The molecule has 158 valence electrons. The molecule has 0 amide bonds. The average Bonchev–Trinajstić information content (AvgIpc) is 3.27. The molecule has 2 fully saturated rings. The summed E-state index contributed by atoms with van der Waals surface area (Å²) in [4.78, 5) is 38.0. The fraction of sp³-hybridized carbons (Fsp3) is 0.524. The number of hydrogen-bond acceptors (Lipinski definition) is 6. The highest BCUT2D eigenvalue weighted by molar-refractivity contribution is 5.75. The minimum atomic E-state index is -0.286. The summed E-state index contributed by atoms with van der Waals surface area (Å²) >= 11 is 0. The molecule has 30 heavy (non-hydrogen) atoms. The Morgan fingerprint density at radius 2 is 2.13 bits per heavy atom. The van der Waals surface area contributed by atoms with E-state index in [1.807, 2.05) is 19.1 Å². The number of nitrogens with one attached hydrogen (secondary N) is 2. The lowest BCUT2D eigenvalue weighted by molar-refractivity contribution is 0.120. The molecule has 4 heterocycles. The molecule has 1 aliphatic heterocycles. The molecule has 2 aliphatic rings. The van der Waals surface area contributed by atoms with E-state index in [2.05, 4.69) is 20.3 Å². The monoisotopic (exact) mass is 410 g/mol. The third-order valence-corrected chi connectivity index (χ3v) is 5.74. The highest BCUT2D eigenvalue weighted by atomic mass is 16.5. The van der Waals surface area contributed by atoms with Gasteiger partial charge in [0.05, 0.1) is 6.10 Å². The van der Waals surface area contributed by atoms with Crippen LogP contribution in [0.15, 0.2) is 27.9 Å². The van der Waals surface area contributed by atoms with Gasteiger partial charge in [-0.15, -0.1) is 0 Å². The zero-order valence-electron chi connectivity index (χ0n) is 17.1. The predicted octanol–water partition coefficient (Wildman–Crippen LogP) is 2.28. The first kappa shape index (κ1) is 19.0. The summed E-state index contributed by atoms with van der Waals surface area (Å²) in [7, 11) is 0. The molecule has 0 radical (unpaired) electrons. The predicted molar refractivity (Wildman–Crippen MR) is 114 cm³/mol. The van der Waals surface area contributed by atoms with Crippen molar-refractivity contribution in [3.8, 4) is 11.4 Å². The molecule has 0 spiro atoms. The van der Waals surface area contributed by atoms with Gasteiger partial charge in [0.2, 0.25) is 0 Å². The summed E-state index contributed by atoms with van der Waals surface area (Å²) in [6, 6.07) is 3.81. The molecule has 1 saturated heterocycles. The second kappa shape index (κ2) is 7.71. The van der Waals surface area contributed by atoms with E-state index in [9.17, 15) is 9.59 Å². The van der Waals surface area contributed by atoms with Crippen LogP contribution in [-0.4, -0.2) is 43.3 Å². The molecule has 1 aliphatic carbocycles. The van der Waals surface area contributed by atoms with E-state index in [-0.39, 0.29) is 23.4 Å². The Balaban J connectivity index is 1.47. The maximum atomic E-state index is 12.9. The van der Waals surface area contributed by atoms with Crippen LogP contribution in [-0.2, 0) is 11.3 Å². The number of hydrogen-bond donors (Lipinski definition) is 2. The zero-order chi connectivity index (χ0) is 20.7. The molecule has 9 nitrogen and oxygen atoms in total. The first-order chi connectivity index (χ1) is 14.7. The molecule has 5 rings (SSSR count). The van der Waals surface area contributed by atoms with Crippen LogP contribution in [0, 0.1) is 0 Å². The van der Waals surface area contributed by atoms with Gasteiger partial charge in [0.15, 0.2) is 5.65 Å². The molecule has 2 N–H and O–H groups in total. The van der Waals surface area contributed by atoms with Gasteiger partial charge in [0.1, 0.15) is 17.2 Å². The van der Waals surface area contributed by atoms with Crippen molar-refractivity contribution in [3.63, 3.8) is 0 Å². The number of imidazole rings is 1. The number of ether oxygens (including phenoxy) is 1. The lowest BCUT2D eigenvalue weighted by atomic mass is 10.2. The van der Waals surface area contributed by atoms with Gasteiger partial charge in [-0.1, -0.05) is 6.92 Å². The third kappa shape index (κ3) is 3.43. The van der Waals surface area contributed by atoms with E-state index in [0.717, 1.165) is 56.6 Å². The zero-order valence-corrected chi connectivity index (χ0v) is 17.1. The number of aromatic amines is 1. The number of H-pyrrole nitrogens is 1. The number of aryl methyl sites for hydroxylation is 1. The summed E-state index contributed by atoms with van der Waals surface area (Å²) < 4.78 is 8.62. The number of anilines is 1. The van der Waals surface area contributed by atoms with Crippen LogP contribution < -0.4 is 16.6 Å². The molecule has 1 saturated carbocycles. The molecular weight excluding hydrogens is 384 g/mol. The van der Waals surface area contributed by atoms with Crippen LogP contribution in [0.1, 0.15) is 45.1 Å². The van der Waals surface area contributed by atoms with E-state index >= 15 is 0 Å². The standard InChI is InChI=1S/C21H26N6O3/c1-2-9-26-19-17(20(28)27(21(26)29)14-6-7-14)24-18(25-19)13-5-8-16(22-11-13)23-12-15-4-3-10-30-15/h5,8,11,14-15H,2-4,6-7,9-10,12H2,1H3,(H,22,23)(H,24,25). The Hall–Kier alpha value is -2.94. The molecule has 0 aromatic carbocycles. The van der Waals surface area contributed by atoms with Gasteiger partial charge in [0, 0.05) is 37.5 Å². The van der Waals surface area contributed by atoms with E-state index in [1.165, 1.54) is 4.57 Å². The number of nitrogens with zero attached hydrogens (tertiary/aromatic N) is 4. The Bertz CT molecular complexity index is 1170. The van der Waals surface area contributed by atoms with Gasteiger partial charge < -0.3 is 15.0 Å². The van der Waals surface area contributed by atoms with Crippen molar-refractivity contribution in [1.29, 1.82) is 0 Å². The minimum Gasteiger partial charge on any atom is -0.376 e. The van der Waals surface area contributed by atoms with Crippen molar-refractivity contribution < 1.29 is 4.74 Å². The van der Waals surface area contributed by atoms with Crippen molar-refractivity contribution in [1.82, 2.24) is 24.1 Å². The van der Waals surface area contributed by atoms with E-state index < -0.39 is 0 Å². The summed E-state index contributed by atoms with van der Waals surface area (Å²) in [5.41, 5.74) is 1.01. The van der Waals surface area contributed by atoms with Gasteiger partial charge >= 0.3 is 5.69 Å². The molecule has 0 bridgehead atoms. The Labute approximate surface area is 173 Å². The molecule has 3 aromatic heterocycles. The largest absolute Gasteiger partial charge is 0.376 e. The number of rotatable bonds is 7. The third-order valence-electron chi connectivity index (χ3n) is 5.74. The normalized spacial score (nSPS) is 18.9. The molecule has 1 unspecified atom stereocenters. The lowest BCUT2D eigenvalue weighted by Crippen LogP contribution is -2.39. The summed E-state index contributed by atoms with van der Waals surface area (Å²) in [5.74, 6) is 1.31. The second-order valence-corrected chi connectivity index (χ2v) is 8.07. The van der Waals surface area contributed by atoms with Crippen LogP contribution in [0.2, 0.25) is 0 Å². The van der Waals surface area contributed by atoms with Crippen molar-refractivity contribution >= 4 is 17.0 Å². The van der Waals surface area contributed by atoms with Crippen LogP contribution in [0.25, 0.3) is 22.6 Å². The van der Waals surface area contributed by atoms with Crippen molar-refractivity contribution in [2.45, 2.75) is 57.7 Å². The van der Waals surface area contributed by atoms with Crippen LogP contribution in [0.5, 0.6) is 0 Å². The Kier molecular flexibility index (Phi) is 4.90. The van der Waals surface area contributed by atoms with Gasteiger partial charge in [-0.05, 0) is 44.2 Å². The molecule has 9 heteroatoms. The van der Waals surface area contributed by atoms with E-state index in [1.54, 1.807) is 10.8 Å². The molecule has 3 aromatic rings. The Morgan fingerprint density at radius 3 is 2.80 bits per heavy atom. The summed E-state index contributed by atoms with van der Waals surface area (Å²) in [5, 5.41) is 3.30. The fourth-order valence-corrected chi connectivity index (χ4v) is 4.02. The quantitative estimate of drug-likeness (QED) is 0.619. The topological polar surface area (TPSA) is 107 Å². The maximum Gasteiger partial charge on any atom is 0.333 e. The van der Waals surface area contributed by atoms with Crippen LogP contribution in [0.4, 0.5) is 5.82 Å². The van der Waals surface area contributed by atoms with Crippen molar-refractivity contribution in [2.75, 3.05) is 18.5 Å². The van der Waals surface area contributed by atoms with Crippen LogP contribution >= 0.6 is 0 Å². The molecule has 1 atom stereocenters. The summed E-state index contributed by atoms with van der Waals surface area (Å²) in [6.07, 6.45) is 6.67. The van der Waals surface area contributed by atoms with E-state index in [4.69, 9.17) is 4.74 Å². The highest BCUT2D eigenvalue weighted by Crippen LogP contribution is 2.32. The number of pyridine rings is 1. The van der Waals surface area contributed by atoms with Crippen LogP contribution in [0.3, 0.4) is 0 Å². The first-order valence-electron chi connectivity index (χ1n) is 10.7. The summed E-state index contributed by atoms with van der Waals surface area (Å²) in [6.45, 7) is 4.10. The van der Waals surface area contributed by atoms with E-state index in [0.29, 0.717) is 23.5 Å². The van der Waals surface area contributed by atoms with Crippen molar-refractivity contribution in [3.05, 3.63) is 39.2 Å². The SMILES string of the molecule is CCCn1c(=O)n(C2CC2)c(=O)c2[nH]c(-c3ccc(NCC4CCCO4)nc3)nc21. The first-order valence-corrected chi connectivity index (χ1v) is 10.7. The maximum absolute atomic E-state index is 12.9. The number of aromatic nitrogens is 5.